The van der Waals surface area contributed by atoms with E-state index < -0.39 is 10.6 Å². The van der Waals surface area contributed by atoms with Gasteiger partial charge >= 0.3 is 0 Å². The van der Waals surface area contributed by atoms with Crippen molar-refractivity contribution in [3.05, 3.63) is 17.0 Å². The smallest absolute Gasteiger partial charge is 0.224 e. The van der Waals surface area contributed by atoms with Gasteiger partial charge in [-0.3, -0.25) is 9.11 Å². The molecule has 0 bridgehead atoms. The number of ether oxygens (including phenoxy) is 1. The summed E-state index contributed by atoms with van der Waals surface area (Å²) in [6.45, 7) is 4.06. The van der Waals surface area contributed by atoms with Crippen LogP contribution in [-0.4, -0.2) is 51.1 Å². The molecule has 0 radical (unpaired) electrons. The maximum atomic E-state index is 9.52. The molecule has 1 aliphatic heterocycles. The van der Waals surface area contributed by atoms with Crippen LogP contribution in [0.4, 0.5) is 5.82 Å². The summed E-state index contributed by atoms with van der Waals surface area (Å²) < 4.78 is 24.4. The highest BCUT2D eigenvalue weighted by atomic mass is 35.5. The van der Waals surface area contributed by atoms with Gasteiger partial charge in [0, 0.05) is 18.9 Å². The normalized spacial score (nSPS) is 21.5. The third kappa shape index (κ3) is 4.19. The Bertz CT molecular complexity index is 455. The van der Waals surface area contributed by atoms with Crippen LogP contribution in [0, 0.1) is 0 Å². The van der Waals surface area contributed by atoms with Crippen LogP contribution in [0.2, 0.25) is 5.28 Å². The summed E-state index contributed by atoms with van der Waals surface area (Å²) in [5.41, 5.74) is 0.538. The zero-order chi connectivity index (χ0) is 14.0. The molecule has 0 aromatic carbocycles. The maximum Gasteiger partial charge on any atom is 0.224 e. The molecule has 1 aromatic rings. The molecule has 1 fully saturated rings. The fraction of sp³-hybridized carbons (Fsp3) is 0.636. The highest BCUT2D eigenvalue weighted by molar-refractivity contribution is 8.23. The second kappa shape index (κ2) is 5.80. The van der Waals surface area contributed by atoms with Gasteiger partial charge in [-0.2, -0.15) is 10.6 Å². The number of anilines is 1. The summed E-state index contributed by atoms with van der Waals surface area (Å²) in [4.78, 5) is 10.3. The fourth-order valence-corrected chi connectivity index (χ4v) is 2.92. The topological polar surface area (TPSA) is 78.7 Å². The average Bonchev–Trinajstić information content (AvgIpc) is 2.26. The van der Waals surface area contributed by atoms with Gasteiger partial charge in [-0.05, 0) is 18.5 Å². The van der Waals surface area contributed by atoms with E-state index in [9.17, 15) is 9.11 Å². The standard InChI is InChI=1S/C11H18ClN3O3S/c1-8-6-18-4-3-15(8)10-5-9(7-19(2,16)17)13-11(12)14-10/h5,8,16-17H,3-4,6-7H2,1-2H3/t8-/m0/s1. The highest BCUT2D eigenvalue weighted by Gasteiger charge is 2.21. The Morgan fingerprint density at radius 1 is 1.53 bits per heavy atom. The van der Waals surface area contributed by atoms with Crippen molar-refractivity contribution in [2.45, 2.75) is 18.7 Å². The number of morpholine rings is 1. The van der Waals surface area contributed by atoms with Crippen molar-refractivity contribution in [1.29, 1.82) is 0 Å². The van der Waals surface area contributed by atoms with Crippen molar-refractivity contribution in [1.82, 2.24) is 9.97 Å². The molecule has 1 atom stereocenters. The molecule has 8 heteroatoms. The van der Waals surface area contributed by atoms with E-state index in [4.69, 9.17) is 16.3 Å². The summed E-state index contributed by atoms with van der Waals surface area (Å²) >= 11 is 5.91. The fourth-order valence-electron chi connectivity index (χ4n) is 2.02. The van der Waals surface area contributed by atoms with E-state index in [0.29, 0.717) is 24.7 Å². The molecule has 19 heavy (non-hydrogen) atoms. The van der Waals surface area contributed by atoms with Crippen LogP contribution >= 0.6 is 22.2 Å². The first kappa shape index (κ1) is 14.8. The first-order valence-corrected chi connectivity index (χ1v) is 8.44. The molecule has 2 heterocycles. The molecule has 0 aliphatic carbocycles. The summed E-state index contributed by atoms with van der Waals surface area (Å²) in [5.74, 6) is 0.787. The number of aromatic nitrogens is 2. The van der Waals surface area contributed by atoms with Crippen molar-refractivity contribution in [3.63, 3.8) is 0 Å². The van der Waals surface area contributed by atoms with Crippen molar-refractivity contribution < 1.29 is 13.8 Å². The maximum absolute atomic E-state index is 9.52. The molecule has 1 aromatic heterocycles. The monoisotopic (exact) mass is 307 g/mol. The zero-order valence-electron chi connectivity index (χ0n) is 10.9. The SMILES string of the molecule is C[C@H]1COCCN1c1cc(CS(C)(O)O)nc(Cl)n1. The van der Waals surface area contributed by atoms with Crippen LogP contribution in [0.3, 0.4) is 0 Å². The number of rotatable bonds is 3. The van der Waals surface area contributed by atoms with E-state index in [1.807, 2.05) is 6.92 Å². The summed E-state index contributed by atoms with van der Waals surface area (Å²) in [7, 11) is -2.65. The Hall–Kier alpha value is -0.600. The van der Waals surface area contributed by atoms with Crippen molar-refractivity contribution >= 4 is 28.0 Å². The lowest BCUT2D eigenvalue weighted by atomic mass is 10.2. The van der Waals surface area contributed by atoms with Crippen LogP contribution in [0.25, 0.3) is 0 Å². The third-order valence-electron chi connectivity index (χ3n) is 2.82. The Labute approximate surface area is 119 Å². The van der Waals surface area contributed by atoms with E-state index in [1.54, 1.807) is 6.07 Å². The zero-order valence-corrected chi connectivity index (χ0v) is 12.5. The summed E-state index contributed by atoms with van der Waals surface area (Å²) in [5, 5.41) is 0.120. The van der Waals surface area contributed by atoms with E-state index in [2.05, 4.69) is 14.9 Å². The van der Waals surface area contributed by atoms with Gasteiger partial charge in [-0.15, -0.1) is 0 Å². The lowest BCUT2D eigenvalue weighted by Gasteiger charge is -2.34. The molecule has 0 amide bonds. The molecule has 0 spiro atoms. The molecule has 1 saturated heterocycles. The Kier molecular flexibility index (Phi) is 4.52. The molecule has 2 rings (SSSR count). The highest BCUT2D eigenvalue weighted by Crippen LogP contribution is 2.38. The van der Waals surface area contributed by atoms with Crippen molar-refractivity contribution in [2.75, 3.05) is 30.9 Å². The van der Waals surface area contributed by atoms with E-state index >= 15 is 0 Å². The molecule has 108 valence electrons. The average molecular weight is 308 g/mol. The van der Waals surface area contributed by atoms with E-state index in [1.165, 1.54) is 6.26 Å². The van der Waals surface area contributed by atoms with Gasteiger partial charge in [-0.1, -0.05) is 0 Å². The van der Waals surface area contributed by atoms with Gasteiger partial charge in [0.2, 0.25) is 5.28 Å². The number of hydrogen-bond donors (Lipinski definition) is 2. The number of nitrogens with zero attached hydrogens (tertiary/aromatic N) is 3. The summed E-state index contributed by atoms with van der Waals surface area (Å²) in [6, 6.07) is 1.96. The van der Waals surface area contributed by atoms with Crippen LogP contribution in [0.1, 0.15) is 12.6 Å². The molecule has 0 unspecified atom stereocenters. The second-order valence-electron chi connectivity index (χ2n) is 4.74. The van der Waals surface area contributed by atoms with Gasteiger partial charge in [0.15, 0.2) is 0 Å². The number of hydrogen-bond acceptors (Lipinski definition) is 6. The lowest BCUT2D eigenvalue weighted by molar-refractivity contribution is 0.0985. The minimum absolute atomic E-state index is 0.0843. The van der Waals surface area contributed by atoms with E-state index in [-0.39, 0.29) is 17.1 Å². The van der Waals surface area contributed by atoms with Crippen LogP contribution in [0.5, 0.6) is 0 Å². The minimum Gasteiger partial charge on any atom is -0.377 e. The van der Waals surface area contributed by atoms with Gasteiger partial charge in [-0.25, -0.2) is 9.97 Å². The van der Waals surface area contributed by atoms with Crippen LogP contribution in [0.15, 0.2) is 6.07 Å². The molecular formula is C11H18ClN3O3S. The Morgan fingerprint density at radius 2 is 2.26 bits per heavy atom. The molecule has 2 N–H and O–H groups in total. The molecule has 6 nitrogen and oxygen atoms in total. The number of halogens is 1. The van der Waals surface area contributed by atoms with Crippen LogP contribution < -0.4 is 4.90 Å². The second-order valence-corrected chi connectivity index (χ2v) is 7.36. The quantitative estimate of drug-likeness (QED) is 0.834. The van der Waals surface area contributed by atoms with Crippen molar-refractivity contribution in [2.24, 2.45) is 0 Å². The van der Waals surface area contributed by atoms with Gasteiger partial charge in [0.25, 0.3) is 0 Å². The Morgan fingerprint density at radius 3 is 2.89 bits per heavy atom. The van der Waals surface area contributed by atoms with E-state index in [0.717, 1.165) is 6.54 Å². The first-order chi connectivity index (χ1) is 8.85. The third-order valence-corrected chi connectivity index (χ3v) is 3.83. The molecule has 0 saturated carbocycles. The Balaban J connectivity index is 2.25. The predicted molar refractivity (Wildman–Crippen MR) is 77.1 cm³/mol. The summed E-state index contributed by atoms with van der Waals surface area (Å²) in [6.07, 6.45) is 1.39. The van der Waals surface area contributed by atoms with Gasteiger partial charge in [0.1, 0.15) is 5.82 Å². The predicted octanol–water partition coefficient (Wildman–Crippen LogP) is 2.24. The van der Waals surface area contributed by atoms with Crippen molar-refractivity contribution in [3.8, 4) is 0 Å². The lowest BCUT2D eigenvalue weighted by Crippen LogP contribution is -2.44. The molecule has 1 aliphatic rings. The van der Waals surface area contributed by atoms with Gasteiger partial charge in [0.05, 0.1) is 30.7 Å². The largest absolute Gasteiger partial charge is 0.377 e. The minimum atomic E-state index is -2.65. The van der Waals surface area contributed by atoms with Gasteiger partial charge < -0.3 is 9.64 Å². The first-order valence-electron chi connectivity index (χ1n) is 5.94. The molecular weight excluding hydrogens is 290 g/mol. The van der Waals surface area contributed by atoms with Crippen LogP contribution in [-0.2, 0) is 10.5 Å².